The molecule has 0 aromatic heterocycles. The van der Waals surface area contributed by atoms with Gasteiger partial charge in [-0.1, -0.05) is 59.8 Å². The van der Waals surface area contributed by atoms with E-state index in [9.17, 15) is 0 Å². The number of nitrogens with two attached hydrogens (primary N) is 1. The lowest BCUT2D eigenvalue weighted by atomic mass is 9.69. The molecule has 2 atom stereocenters. The largest absolute Gasteiger partial charge is 0.328 e. The Morgan fingerprint density at radius 2 is 1.31 bits per heavy atom. The lowest BCUT2D eigenvalue weighted by molar-refractivity contribution is -0.386. The van der Waals surface area contributed by atoms with E-state index in [4.69, 9.17) is 19.9 Å². The zero-order chi connectivity index (χ0) is 20.1. The molecule has 0 aliphatic carbocycles. The van der Waals surface area contributed by atoms with Gasteiger partial charge < -0.3 is 19.9 Å². The molecule has 158 valence electrons. The fourth-order valence-corrected chi connectivity index (χ4v) is 4.08. The summed E-state index contributed by atoms with van der Waals surface area (Å²) in [6.07, 6.45) is 9.02. The van der Waals surface area contributed by atoms with Gasteiger partial charge in [-0.25, -0.2) is 0 Å². The summed E-state index contributed by atoms with van der Waals surface area (Å²) in [4.78, 5) is 0. The molecule has 0 saturated heterocycles. The van der Waals surface area contributed by atoms with Crippen LogP contribution in [0.25, 0.3) is 0 Å². The predicted molar refractivity (Wildman–Crippen MR) is 111 cm³/mol. The Bertz CT molecular complexity index is 316. The van der Waals surface area contributed by atoms with E-state index in [1.807, 2.05) is 20.8 Å². The smallest absolute Gasteiger partial charge is 0.283 e. The molecule has 26 heavy (non-hydrogen) atoms. The van der Waals surface area contributed by atoms with Crippen molar-refractivity contribution in [2.75, 3.05) is 19.8 Å². The lowest BCUT2D eigenvalue weighted by Crippen LogP contribution is -2.49. The zero-order valence-electron chi connectivity index (χ0n) is 18.7. The highest BCUT2D eigenvalue weighted by atomic mass is 16.9. The van der Waals surface area contributed by atoms with E-state index in [0.717, 1.165) is 19.3 Å². The van der Waals surface area contributed by atoms with Crippen LogP contribution >= 0.6 is 0 Å². The fourth-order valence-electron chi connectivity index (χ4n) is 4.08. The molecule has 0 rings (SSSR count). The number of rotatable bonds is 17. The molecule has 0 aromatic rings. The Hall–Kier alpha value is -0.160. The number of ether oxygens (including phenoxy) is 3. The Balaban J connectivity index is 5.38. The molecule has 0 spiro atoms. The Labute approximate surface area is 163 Å². The van der Waals surface area contributed by atoms with Crippen molar-refractivity contribution in [3.05, 3.63) is 0 Å². The molecule has 0 bridgehead atoms. The molecule has 2 unspecified atom stereocenters. The van der Waals surface area contributed by atoms with Crippen LogP contribution in [0.4, 0.5) is 0 Å². The van der Waals surface area contributed by atoms with Crippen LogP contribution in [0.1, 0.15) is 99.8 Å². The Morgan fingerprint density at radius 3 is 1.73 bits per heavy atom. The SMILES string of the molecule is CCCCCCC(N)C(CC(OCC)(OCC)OCC)C(C)(C)CCC. The summed E-state index contributed by atoms with van der Waals surface area (Å²) < 4.78 is 18.0. The molecule has 4 nitrogen and oxygen atoms in total. The Morgan fingerprint density at radius 1 is 0.769 bits per heavy atom. The van der Waals surface area contributed by atoms with Crippen molar-refractivity contribution in [3.63, 3.8) is 0 Å². The van der Waals surface area contributed by atoms with E-state index in [-0.39, 0.29) is 17.4 Å². The first kappa shape index (κ1) is 25.8. The molecule has 0 fully saturated rings. The lowest BCUT2D eigenvalue weighted by Gasteiger charge is -2.43. The molecule has 0 amide bonds. The van der Waals surface area contributed by atoms with Crippen molar-refractivity contribution in [3.8, 4) is 0 Å². The van der Waals surface area contributed by atoms with E-state index in [1.54, 1.807) is 0 Å². The minimum absolute atomic E-state index is 0.121. The average Bonchev–Trinajstić information content (AvgIpc) is 2.57. The summed E-state index contributed by atoms with van der Waals surface area (Å²) >= 11 is 0. The zero-order valence-corrected chi connectivity index (χ0v) is 18.7. The third-order valence-electron chi connectivity index (χ3n) is 5.37. The molecule has 4 heteroatoms. The second-order valence-corrected chi connectivity index (χ2v) is 8.04. The van der Waals surface area contributed by atoms with Crippen LogP contribution in [-0.2, 0) is 14.2 Å². The predicted octanol–water partition coefficient (Wildman–Crippen LogP) is 5.88. The molecule has 0 aliphatic rings. The highest BCUT2D eigenvalue weighted by Gasteiger charge is 2.43. The van der Waals surface area contributed by atoms with Crippen molar-refractivity contribution >= 4 is 0 Å². The number of hydrogen-bond acceptors (Lipinski definition) is 4. The molecule has 0 heterocycles. The monoisotopic (exact) mass is 373 g/mol. The molecule has 0 saturated carbocycles. The summed E-state index contributed by atoms with van der Waals surface area (Å²) in [5.41, 5.74) is 6.87. The van der Waals surface area contributed by atoms with Gasteiger partial charge in [0.1, 0.15) is 0 Å². The normalized spacial score (nSPS) is 15.2. The van der Waals surface area contributed by atoms with Crippen LogP contribution in [0.3, 0.4) is 0 Å². The molecule has 2 N–H and O–H groups in total. The summed E-state index contributed by atoms with van der Waals surface area (Å²) in [7, 11) is 0. The van der Waals surface area contributed by atoms with Gasteiger partial charge in [-0.15, -0.1) is 0 Å². The quantitative estimate of drug-likeness (QED) is 0.255. The van der Waals surface area contributed by atoms with E-state index in [2.05, 4.69) is 27.7 Å². The van der Waals surface area contributed by atoms with Crippen LogP contribution in [0.2, 0.25) is 0 Å². The van der Waals surface area contributed by atoms with E-state index >= 15 is 0 Å². The topological polar surface area (TPSA) is 53.7 Å². The van der Waals surface area contributed by atoms with Gasteiger partial charge in [0, 0.05) is 32.3 Å². The molecule has 0 aromatic carbocycles. The van der Waals surface area contributed by atoms with Crippen LogP contribution in [0, 0.1) is 11.3 Å². The molecule has 0 radical (unpaired) electrons. The van der Waals surface area contributed by atoms with Crippen LogP contribution in [-0.4, -0.2) is 31.8 Å². The third-order valence-corrected chi connectivity index (χ3v) is 5.37. The summed E-state index contributed by atoms with van der Waals surface area (Å²) in [6.45, 7) is 16.8. The van der Waals surface area contributed by atoms with E-state index < -0.39 is 5.97 Å². The number of unbranched alkanes of at least 4 members (excludes halogenated alkanes) is 3. The van der Waals surface area contributed by atoms with Gasteiger partial charge in [0.15, 0.2) is 0 Å². The standard InChI is InChI=1S/C22H47NO3/c1-8-13-14-15-16-20(23)19(21(6,7)17-9-2)18-22(24-10-3,25-11-4)26-12-5/h19-20H,8-18,23H2,1-7H3. The van der Waals surface area contributed by atoms with Gasteiger partial charge in [0.05, 0.1) is 0 Å². The average molecular weight is 374 g/mol. The van der Waals surface area contributed by atoms with Crippen LogP contribution in [0.5, 0.6) is 0 Å². The van der Waals surface area contributed by atoms with Crippen molar-refractivity contribution in [1.29, 1.82) is 0 Å². The van der Waals surface area contributed by atoms with Crippen molar-refractivity contribution in [2.24, 2.45) is 17.1 Å². The fraction of sp³-hybridized carbons (Fsp3) is 1.00. The second-order valence-electron chi connectivity index (χ2n) is 8.04. The van der Waals surface area contributed by atoms with Gasteiger partial charge in [0.2, 0.25) is 0 Å². The van der Waals surface area contributed by atoms with Crippen molar-refractivity contribution in [1.82, 2.24) is 0 Å². The highest BCUT2D eigenvalue weighted by molar-refractivity contribution is 4.88. The maximum absolute atomic E-state index is 6.75. The first-order valence-electron chi connectivity index (χ1n) is 11.0. The second kappa shape index (κ2) is 13.9. The van der Waals surface area contributed by atoms with Crippen molar-refractivity contribution < 1.29 is 14.2 Å². The van der Waals surface area contributed by atoms with Crippen molar-refractivity contribution in [2.45, 2.75) is 112 Å². The van der Waals surface area contributed by atoms with E-state index in [1.165, 1.54) is 25.7 Å². The first-order valence-corrected chi connectivity index (χ1v) is 11.0. The molecular weight excluding hydrogens is 326 g/mol. The van der Waals surface area contributed by atoms with Gasteiger partial charge in [-0.05, 0) is 44.9 Å². The van der Waals surface area contributed by atoms with Crippen LogP contribution < -0.4 is 5.73 Å². The first-order chi connectivity index (χ1) is 12.3. The minimum atomic E-state index is -0.977. The van der Waals surface area contributed by atoms with Gasteiger partial charge >= 0.3 is 0 Å². The summed E-state index contributed by atoms with van der Waals surface area (Å²) in [5.74, 6) is -0.691. The van der Waals surface area contributed by atoms with Gasteiger partial charge in [-0.3, -0.25) is 0 Å². The van der Waals surface area contributed by atoms with E-state index in [0.29, 0.717) is 26.2 Å². The summed E-state index contributed by atoms with van der Waals surface area (Å²) in [5, 5.41) is 0. The summed E-state index contributed by atoms with van der Waals surface area (Å²) in [6, 6.07) is 0.133. The number of hydrogen-bond donors (Lipinski definition) is 1. The maximum atomic E-state index is 6.75. The molecule has 0 aliphatic heterocycles. The minimum Gasteiger partial charge on any atom is -0.328 e. The highest BCUT2D eigenvalue weighted by Crippen LogP contribution is 2.41. The third kappa shape index (κ3) is 9.16. The van der Waals surface area contributed by atoms with Gasteiger partial charge in [0.25, 0.3) is 5.97 Å². The maximum Gasteiger partial charge on any atom is 0.283 e. The van der Waals surface area contributed by atoms with Crippen LogP contribution in [0.15, 0.2) is 0 Å². The molecular formula is C22H47NO3. The Kier molecular flexibility index (Phi) is 13.8. The van der Waals surface area contributed by atoms with Gasteiger partial charge in [-0.2, -0.15) is 0 Å².